The van der Waals surface area contributed by atoms with Gasteiger partial charge in [-0.25, -0.2) is 4.79 Å². The highest BCUT2D eigenvalue weighted by molar-refractivity contribution is 7.08. The van der Waals surface area contributed by atoms with Gasteiger partial charge in [-0.15, -0.1) is 0 Å². The minimum atomic E-state index is -0.831. The first-order chi connectivity index (χ1) is 8.74. The van der Waals surface area contributed by atoms with E-state index >= 15 is 0 Å². The quantitative estimate of drug-likeness (QED) is 0.852. The number of carboxylic acid groups (broad SMARTS) is 1. The Labute approximate surface area is 109 Å². The molecule has 0 spiro atoms. The monoisotopic (exact) mass is 259 g/mol. The largest absolute Gasteiger partial charge is 0.465 e. The molecule has 0 saturated heterocycles. The standard InChI is InChI=1S/C14H13NO2S/c16-14(17)15-5-3-11-7-10(1-2-12(11)8-15)13-4-6-18-9-13/h1-2,4,6-7,9H,3,5,8H2,(H,16,17). The number of benzene rings is 1. The molecule has 1 N–H and O–H groups in total. The molecule has 1 amide bonds. The Bertz CT molecular complexity index is 577. The van der Waals surface area contributed by atoms with E-state index in [9.17, 15) is 4.79 Å². The van der Waals surface area contributed by atoms with Crippen LogP contribution in [0.15, 0.2) is 35.0 Å². The van der Waals surface area contributed by atoms with Crippen molar-refractivity contribution in [3.8, 4) is 11.1 Å². The summed E-state index contributed by atoms with van der Waals surface area (Å²) in [7, 11) is 0. The molecule has 2 heterocycles. The average molecular weight is 259 g/mol. The van der Waals surface area contributed by atoms with Gasteiger partial charge in [0.25, 0.3) is 0 Å². The molecule has 3 rings (SSSR count). The predicted molar refractivity (Wildman–Crippen MR) is 71.9 cm³/mol. The lowest BCUT2D eigenvalue weighted by Crippen LogP contribution is -2.34. The van der Waals surface area contributed by atoms with Crippen molar-refractivity contribution < 1.29 is 9.90 Å². The zero-order chi connectivity index (χ0) is 12.5. The van der Waals surface area contributed by atoms with Crippen LogP contribution in [0, 0.1) is 0 Å². The molecule has 92 valence electrons. The molecule has 0 radical (unpaired) electrons. The van der Waals surface area contributed by atoms with Crippen molar-refractivity contribution >= 4 is 17.4 Å². The number of hydrogen-bond acceptors (Lipinski definition) is 2. The summed E-state index contributed by atoms with van der Waals surface area (Å²) < 4.78 is 0. The fourth-order valence-electron chi connectivity index (χ4n) is 2.32. The molecule has 0 saturated carbocycles. The molecule has 1 aliphatic rings. The van der Waals surface area contributed by atoms with E-state index in [0.29, 0.717) is 13.1 Å². The Balaban J connectivity index is 1.92. The Morgan fingerprint density at radius 3 is 2.83 bits per heavy atom. The summed E-state index contributed by atoms with van der Waals surface area (Å²) in [6, 6.07) is 8.43. The number of rotatable bonds is 1. The van der Waals surface area contributed by atoms with Crippen molar-refractivity contribution in [2.45, 2.75) is 13.0 Å². The van der Waals surface area contributed by atoms with Crippen LogP contribution in [-0.2, 0) is 13.0 Å². The van der Waals surface area contributed by atoms with Crippen LogP contribution in [0.2, 0.25) is 0 Å². The summed E-state index contributed by atoms with van der Waals surface area (Å²) in [5.74, 6) is 0. The summed E-state index contributed by atoms with van der Waals surface area (Å²) in [5.41, 5.74) is 4.86. The Hall–Kier alpha value is -1.81. The van der Waals surface area contributed by atoms with Crippen molar-refractivity contribution in [1.82, 2.24) is 4.90 Å². The summed E-state index contributed by atoms with van der Waals surface area (Å²) in [6.07, 6.45) is -0.0258. The Kier molecular flexibility index (Phi) is 2.80. The van der Waals surface area contributed by atoms with E-state index in [1.54, 1.807) is 11.3 Å². The first-order valence-corrected chi connectivity index (χ1v) is 6.80. The number of hydrogen-bond donors (Lipinski definition) is 1. The van der Waals surface area contributed by atoms with Gasteiger partial charge in [-0.05, 0) is 45.5 Å². The molecule has 0 unspecified atom stereocenters. The molecule has 1 aromatic carbocycles. The third kappa shape index (κ3) is 1.99. The number of carbonyl (C=O) groups is 1. The Morgan fingerprint density at radius 2 is 2.11 bits per heavy atom. The van der Waals surface area contributed by atoms with Crippen LogP contribution >= 0.6 is 11.3 Å². The first kappa shape index (κ1) is 11.3. The van der Waals surface area contributed by atoms with Gasteiger partial charge in [0.2, 0.25) is 0 Å². The Morgan fingerprint density at radius 1 is 1.22 bits per heavy atom. The highest BCUT2D eigenvalue weighted by Crippen LogP contribution is 2.27. The fourth-order valence-corrected chi connectivity index (χ4v) is 2.99. The highest BCUT2D eigenvalue weighted by Gasteiger charge is 2.20. The van der Waals surface area contributed by atoms with Gasteiger partial charge in [0.15, 0.2) is 0 Å². The zero-order valence-corrected chi connectivity index (χ0v) is 10.6. The second-order valence-corrected chi connectivity index (χ2v) is 5.23. The van der Waals surface area contributed by atoms with Gasteiger partial charge in [-0.1, -0.05) is 18.2 Å². The normalized spacial score (nSPS) is 14.3. The van der Waals surface area contributed by atoms with Gasteiger partial charge in [0.1, 0.15) is 0 Å². The third-order valence-corrected chi connectivity index (χ3v) is 4.03. The van der Waals surface area contributed by atoms with E-state index in [0.717, 1.165) is 12.0 Å². The molecular formula is C14H13NO2S. The molecule has 1 aliphatic heterocycles. The van der Waals surface area contributed by atoms with Crippen LogP contribution in [0.25, 0.3) is 11.1 Å². The van der Waals surface area contributed by atoms with Crippen molar-refractivity contribution in [2.75, 3.05) is 6.54 Å². The van der Waals surface area contributed by atoms with Gasteiger partial charge in [0.05, 0.1) is 0 Å². The fraction of sp³-hybridized carbons (Fsp3) is 0.214. The van der Waals surface area contributed by atoms with E-state index in [1.807, 2.05) is 0 Å². The first-order valence-electron chi connectivity index (χ1n) is 5.86. The second kappa shape index (κ2) is 4.46. The van der Waals surface area contributed by atoms with Gasteiger partial charge in [-0.3, -0.25) is 0 Å². The van der Waals surface area contributed by atoms with E-state index in [-0.39, 0.29) is 0 Å². The molecule has 0 fully saturated rings. The van der Waals surface area contributed by atoms with Crippen LogP contribution in [-0.4, -0.2) is 22.6 Å². The van der Waals surface area contributed by atoms with Crippen LogP contribution in [0.5, 0.6) is 0 Å². The predicted octanol–water partition coefficient (Wildman–Crippen LogP) is 3.45. The molecule has 18 heavy (non-hydrogen) atoms. The maximum Gasteiger partial charge on any atom is 0.407 e. The lowest BCUT2D eigenvalue weighted by atomic mass is 9.96. The van der Waals surface area contributed by atoms with E-state index in [1.165, 1.54) is 21.6 Å². The molecule has 4 heteroatoms. The number of nitrogens with zero attached hydrogens (tertiary/aromatic N) is 1. The highest BCUT2D eigenvalue weighted by atomic mass is 32.1. The number of thiophene rings is 1. The summed E-state index contributed by atoms with van der Waals surface area (Å²) >= 11 is 1.69. The molecule has 3 nitrogen and oxygen atoms in total. The molecular weight excluding hydrogens is 246 g/mol. The van der Waals surface area contributed by atoms with Crippen molar-refractivity contribution in [2.24, 2.45) is 0 Å². The lowest BCUT2D eigenvalue weighted by molar-refractivity contribution is 0.140. The minimum Gasteiger partial charge on any atom is -0.465 e. The maximum absolute atomic E-state index is 10.9. The lowest BCUT2D eigenvalue weighted by Gasteiger charge is -2.26. The average Bonchev–Trinajstić information content (AvgIpc) is 2.91. The topological polar surface area (TPSA) is 40.5 Å². The van der Waals surface area contributed by atoms with Crippen LogP contribution in [0.3, 0.4) is 0 Å². The van der Waals surface area contributed by atoms with Crippen LogP contribution in [0.4, 0.5) is 4.79 Å². The smallest absolute Gasteiger partial charge is 0.407 e. The number of fused-ring (bicyclic) bond motifs is 1. The summed E-state index contributed by atoms with van der Waals surface area (Å²) in [6.45, 7) is 1.10. The molecule has 0 bridgehead atoms. The van der Waals surface area contributed by atoms with E-state index in [2.05, 4.69) is 35.0 Å². The second-order valence-electron chi connectivity index (χ2n) is 4.45. The summed E-state index contributed by atoms with van der Waals surface area (Å²) in [4.78, 5) is 12.4. The van der Waals surface area contributed by atoms with Gasteiger partial charge < -0.3 is 10.0 Å². The van der Waals surface area contributed by atoms with Gasteiger partial charge >= 0.3 is 6.09 Å². The van der Waals surface area contributed by atoms with Crippen LogP contribution in [0.1, 0.15) is 11.1 Å². The maximum atomic E-state index is 10.9. The molecule has 2 aromatic rings. The van der Waals surface area contributed by atoms with Crippen molar-refractivity contribution in [3.05, 3.63) is 46.2 Å². The zero-order valence-electron chi connectivity index (χ0n) is 9.80. The number of amides is 1. The van der Waals surface area contributed by atoms with Gasteiger partial charge in [0, 0.05) is 13.1 Å². The van der Waals surface area contributed by atoms with Crippen molar-refractivity contribution in [1.29, 1.82) is 0 Å². The third-order valence-electron chi connectivity index (χ3n) is 3.34. The van der Waals surface area contributed by atoms with Crippen LogP contribution < -0.4 is 0 Å². The van der Waals surface area contributed by atoms with E-state index in [4.69, 9.17) is 5.11 Å². The van der Waals surface area contributed by atoms with Gasteiger partial charge in [-0.2, -0.15) is 11.3 Å². The molecule has 1 aromatic heterocycles. The summed E-state index contributed by atoms with van der Waals surface area (Å²) in [5, 5.41) is 13.2. The molecule has 0 atom stereocenters. The minimum absolute atomic E-state index is 0.509. The SMILES string of the molecule is O=C(O)N1CCc2cc(-c3ccsc3)ccc2C1. The molecule has 0 aliphatic carbocycles. The van der Waals surface area contributed by atoms with E-state index < -0.39 is 6.09 Å². The van der Waals surface area contributed by atoms with Crippen molar-refractivity contribution in [3.63, 3.8) is 0 Å².